The molecule has 2 N–H and O–H groups in total. The number of aliphatic imine (C=N–C) groups is 1. The quantitative estimate of drug-likeness (QED) is 0.623. The number of likely N-dealkylation sites (N-methyl/N-ethyl adjacent to an activating group) is 1. The van der Waals surface area contributed by atoms with Crippen molar-refractivity contribution in [2.45, 2.75) is 12.7 Å². The van der Waals surface area contributed by atoms with Crippen LogP contribution in [0.4, 0.5) is 13.2 Å². The van der Waals surface area contributed by atoms with Crippen molar-refractivity contribution in [2.24, 2.45) is 4.99 Å². The molecule has 0 aliphatic carbocycles. The minimum Gasteiger partial charge on any atom is -0.355 e. The molecule has 0 saturated heterocycles. The van der Waals surface area contributed by atoms with Crippen molar-refractivity contribution in [3.8, 4) is 0 Å². The van der Waals surface area contributed by atoms with Crippen LogP contribution in [0.5, 0.6) is 0 Å². The molecule has 1 aromatic heterocycles. The second kappa shape index (κ2) is 8.11. The Morgan fingerprint density at radius 1 is 1.40 bits per heavy atom. The van der Waals surface area contributed by atoms with Gasteiger partial charge in [0, 0.05) is 26.7 Å². The molecule has 0 amide bonds. The lowest BCUT2D eigenvalue weighted by Gasteiger charge is -2.19. The number of rotatable bonds is 6. The first-order valence-electron chi connectivity index (χ1n) is 6.11. The predicted molar refractivity (Wildman–Crippen MR) is 76.1 cm³/mol. The minimum atomic E-state index is -4.16. The van der Waals surface area contributed by atoms with E-state index in [9.17, 15) is 13.2 Å². The summed E-state index contributed by atoms with van der Waals surface area (Å²) >= 11 is 1.61. The maximum atomic E-state index is 12.1. The lowest BCUT2D eigenvalue weighted by Crippen LogP contribution is -2.42. The van der Waals surface area contributed by atoms with E-state index in [2.05, 4.69) is 15.6 Å². The van der Waals surface area contributed by atoms with Crippen LogP contribution >= 0.6 is 11.3 Å². The van der Waals surface area contributed by atoms with Crippen LogP contribution in [0.15, 0.2) is 21.8 Å². The monoisotopic (exact) mass is 308 g/mol. The lowest BCUT2D eigenvalue weighted by molar-refractivity contribution is -0.142. The SMILES string of the molecule is CN=C(NCCN(C)CC(F)(F)F)NCc1ccsc1. The van der Waals surface area contributed by atoms with Gasteiger partial charge in [0.25, 0.3) is 0 Å². The number of nitrogens with one attached hydrogen (secondary N) is 2. The Labute approximate surface area is 120 Å². The second-order valence-electron chi connectivity index (χ2n) is 4.34. The van der Waals surface area contributed by atoms with Gasteiger partial charge in [-0.25, -0.2) is 0 Å². The van der Waals surface area contributed by atoms with Crippen LogP contribution in [-0.4, -0.2) is 50.8 Å². The number of guanidine groups is 1. The van der Waals surface area contributed by atoms with E-state index >= 15 is 0 Å². The van der Waals surface area contributed by atoms with Gasteiger partial charge in [0.15, 0.2) is 5.96 Å². The molecule has 0 fully saturated rings. The van der Waals surface area contributed by atoms with Gasteiger partial charge in [-0.2, -0.15) is 24.5 Å². The van der Waals surface area contributed by atoms with Gasteiger partial charge >= 0.3 is 6.18 Å². The molecule has 0 aromatic carbocycles. The summed E-state index contributed by atoms with van der Waals surface area (Å²) in [5.41, 5.74) is 1.15. The Bertz CT molecular complexity index is 403. The maximum Gasteiger partial charge on any atom is 0.401 e. The third-order valence-electron chi connectivity index (χ3n) is 2.50. The van der Waals surface area contributed by atoms with E-state index in [0.29, 0.717) is 25.6 Å². The van der Waals surface area contributed by atoms with Gasteiger partial charge in [-0.3, -0.25) is 9.89 Å². The highest BCUT2D eigenvalue weighted by Gasteiger charge is 2.28. The number of hydrogen-bond acceptors (Lipinski definition) is 3. The highest BCUT2D eigenvalue weighted by atomic mass is 32.1. The summed E-state index contributed by atoms with van der Waals surface area (Å²) in [4.78, 5) is 5.24. The molecule has 0 saturated carbocycles. The van der Waals surface area contributed by atoms with Crippen molar-refractivity contribution in [1.82, 2.24) is 15.5 Å². The maximum absolute atomic E-state index is 12.1. The third kappa shape index (κ3) is 7.34. The number of nitrogens with zero attached hydrogens (tertiary/aromatic N) is 2. The molecule has 0 radical (unpaired) electrons. The summed E-state index contributed by atoms with van der Waals surface area (Å²) in [5, 5.41) is 10.1. The molecular weight excluding hydrogens is 289 g/mol. The van der Waals surface area contributed by atoms with Crippen molar-refractivity contribution in [1.29, 1.82) is 0 Å². The normalized spacial score (nSPS) is 12.8. The van der Waals surface area contributed by atoms with Crippen LogP contribution in [0.3, 0.4) is 0 Å². The van der Waals surface area contributed by atoms with E-state index in [-0.39, 0.29) is 0 Å². The Balaban J connectivity index is 2.21. The lowest BCUT2D eigenvalue weighted by atomic mass is 10.3. The van der Waals surface area contributed by atoms with Crippen LogP contribution in [0.1, 0.15) is 5.56 Å². The summed E-state index contributed by atoms with van der Waals surface area (Å²) in [7, 11) is 3.07. The predicted octanol–water partition coefficient (Wildman–Crippen LogP) is 1.91. The van der Waals surface area contributed by atoms with E-state index in [4.69, 9.17) is 0 Å². The standard InChI is InChI=1S/C12H19F3N4S/c1-16-11(18-7-10-3-6-20-8-10)17-4-5-19(2)9-12(13,14)15/h3,6,8H,4-5,7,9H2,1-2H3,(H2,16,17,18). The molecule has 0 unspecified atom stereocenters. The fourth-order valence-electron chi connectivity index (χ4n) is 1.55. The Hall–Kier alpha value is -1.28. The molecule has 114 valence electrons. The van der Waals surface area contributed by atoms with Crippen LogP contribution in [0.2, 0.25) is 0 Å². The smallest absolute Gasteiger partial charge is 0.355 e. The highest BCUT2D eigenvalue weighted by Crippen LogP contribution is 2.14. The van der Waals surface area contributed by atoms with Crippen LogP contribution in [0, 0.1) is 0 Å². The first-order chi connectivity index (χ1) is 9.40. The average Bonchev–Trinajstić information content (AvgIpc) is 2.84. The van der Waals surface area contributed by atoms with Crippen LogP contribution in [0.25, 0.3) is 0 Å². The number of thiophene rings is 1. The average molecular weight is 308 g/mol. The van der Waals surface area contributed by atoms with Crippen LogP contribution < -0.4 is 10.6 Å². The van der Waals surface area contributed by atoms with Gasteiger partial charge in [0.1, 0.15) is 0 Å². The van der Waals surface area contributed by atoms with E-state index in [1.165, 1.54) is 11.9 Å². The molecule has 0 spiro atoms. The fraction of sp³-hybridized carbons (Fsp3) is 0.583. The molecule has 0 aliphatic heterocycles. The van der Waals surface area contributed by atoms with Gasteiger partial charge in [-0.1, -0.05) is 0 Å². The summed E-state index contributed by atoms with van der Waals surface area (Å²) in [5.74, 6) is 0.580. The molecule has 0 atom stereocenters. The third-order valence-corrected chi connectivity index (χ3v) is 3.23. The van der Waals surface area contributed by atoms with E-state index < -0.39 is 12.7 Å². The number of hydrogen-bond donors (Lipinski definition) is 2. The van der Waals surface area contributed by atoms with E-state index in [1.807, 2.05) is 16.8 Å². The zero-order valence-corrected chi connectivity index (χ0v) is 12.3. The fourth-order valence-corrected chi connectivity index (χ4v) is 2.22. The summed E-state index contributed by atoms with van der Waals surface area (Å²) < 4.78 is 36.4. The first kappa shape index (κ1) is 16.8. The number of alkyl halides is 3. The molecule has 0 bridgehead atoms. The van der Waals surface area contributed by atoms with Crippen molar-refractivity contribution in [3.63, 3.8) is 0 Å². The van der Waals surface area contributed by atoms with Crippen molar-refractivity contribution < 1.29 is 13.2 Å². The molecule has 1 aromatic rings. The van der Waals surface area contributed by atoms with Gasteiger partial charge in [-0.05, 0) is 29.4 Å². The number of halogens is 3. The van der Waals surface area contributed by atoms with Gasteiger partial charge in [0.05, 0.1) is 6.54 Å². The molecule has 1 rings (SSSR count). The van der Waals surface area contributed by atoms with E-state index in [1.54, 1.807) is 18.4 Å². The largest absolute Gasteiger partial charge is 0.401 e. The molecule has 4 nitrogen and oxygen atoms in total. The van der Waals surface area contributed by atoms with Crippen LogP contribution in [-0.2, 0) is 6.54 Å². The van der Waals surface area contributed by atoms with Crippen molar-refractivity contribution in [2.75, 3.05) is 33.7 Å². The zero-order chi connectivity index (χ0) is 15.0. The molecule has 1 heterocycles. The second-order valence-corrected chi connectivity index (χ2v) is 5.12. The molecule has 8 heteroatoms. The zero-order valence-electron chi connectivity index (χ0n) is 11.5. The van der Waals surface area contributed by atoms with Gasteiger partial charge < -0.3 is 10.6 Å². The Kier molecular flexibility index (Phi) is 6.80. The molecule has 0 aliphatic rings. The topological polar surface area (TPSA) is 39.7 Å². The summed E-state index contributed by atoms with van der Waals surface area (Å²) in [6, 6.07) is 2.00. The first-order valence-corrected chi connectivity index (χ1v) is 7.06. The summed E-state index contributed by atoms with van der Waals surface area (Å²) in [6.45, 7) is 0.422. The molecule has 20 heavy (non-hydrogen) atoms. The van der Waals surface area contributed by atoms with Gasteiger partial charge in [-0.15, -0.1) is 0 Å². The highest BCUT2D eigenvalue weighted by molar-refractivity contribution is 7.07. The molecular formula is C12H19F3N4S. The van der Waals surface area contributed by atoms with Crippen molar-refractivity contribution in [3.05, 3.63) is 22.4 Å². The van der Waals surface area contributed by atoms with Crippen molar-refractivity contribution >= 4 is 17.3 Å². The van der Waals surface area contributed by atoms with E-state index in [0.717, 1.165) is 5.56 Å². The minimum absolute atomic E-state index is 0.290. The summed E-state index contributed by atoms with van der Waals surface area (Å²) in [6.07, 6.45) is -4.16. The van der Waals surface area contributed by atoms with Gasteiger partial charge in [0.2, 0.25) is 0 Å². The Morgan fingerprint density at radius 3 is 2.70 bits per heavy atom. The Morgan fingerprint density at radius 2 is 2.15 bits per heavy atom.